The second-order valence-electron chi connectivity index (χ2n) is 13.0. The van der Waals surface area contributed by atoms with Crippen LogP contribution in [0.3, 0.4) is 0 Å². The number of fused-ring (bicyclic) bond motifs is 7. The molecule has 0 radical (unpaired) electrons. The number of ether oxygens (including phenoxy) is 2. The smallest absolute Gasteiger partial charge is 0.174 e. The first-order valence-corrected chi connectivity index (χ1v) is 13.2. The highest BCUT2D eigenvalue weighted by molar-refractivity contribution is 5.34. The van der Waals surface area contributed by atoms with E-state index in [0.29, 0.717) is 38.2 Å². The van der Waals surface area contributed by atoms with Gasteiger partial charge >= 0.3 is 0 Å². The summed E-state index contributed by atoms with van der Waals surface area (Å²) in [5, 5.41) is 46.3. The van der Waals surface area contributed by atoms with E-state index in [1.165, 1.54) is 0 Å². The number of hydrogen-bond acceptors (Lipinski definition) is 6. The van der Waals surface area contributed by atoms with Gasteiger partial charge in [-0.3, -0.25) is 0 Å². The van der Waals surface area contributed by atoms with Crippen LogP contribution in [0.4, 0.5) is 0 Å². The van der Waals surface area contributed by atoms with Crippen LogP contribution in [0.1, 0.15) is 79.1 Å². The minimum absolute atomic E-state index is 0.0523. The van der Waals surface area contributed by atoms with Crippen LogP contribution < -0.4 is 0 Å². The van der Waals surface area contributed by atoms with Crippen LogP contribution in [0.25, 0.3) is 0 Å². The zero-order chi connectivity index (χ0) is 23.6. The number of rotatable bonds is 0. The minimum Gasteiger partial charge on any atom is -0.393 e. The first-order valence-electron chi connectivity index (χ1n) is 13.2. The Labute approximate surface area is 197 Å². The predicted molar refractivity (Wildman–Crippen MR) is 122 cm³/mol. The predicted octanol–water partition coefficient (Wildman–Crippen LogP) is 2.91. The summed E-state index contributed by atoms with van der Waals surface area (Å²) in [5.74, 6) is -0.415. The van der Waals surface area contributed by atoms with Crippen molar-refractivity contribution in [1.29, 1.82) is 0 Å². The highest BCUT2D eigenvalue weighted by Crippen LogP contribution is 2.73. The lowest BCUT2D eigenvalue weighted by molar-refractivity contribution is -0.286. The van der Waals surface area contributed by atoms with Gasteiger partial charge in [-0.05, 0) is 49.9 Å². The summed E-state index contributed by atoms with van der Waals surface area (Å²) in [5.41, 5.74) is -2.22. The van der Waals surface area contributed by atoms with Crippen molar-refractivity contribution in [1.82, 2.24) is 0 Å². The fourth-order valence-corrected chi connectivity index (χ4v) is 9.62. The van der Waals surface area contributed by atoms with Crippen LogP contribution in [0.2, 0.25) is 0 Å². The molecule has 0 aromatic rings. The van der Waals surface area contributed by atoms with E-state index in [1.54, 1.807) is 0 Å². The van der Waals surface area contributed by atoms with Gasteiger partial charge in [0, 0.05) is 36.0 Å². The Bertz CT molecular complexity index is 865. The van der Waals surface area contributed by atoms with Crippen molar-refractivity contribution in [2.75, 3.05) is 6.61 Å². The Hall–Kier alpha value is -0.500. The molecule has 6 aliphatic rings. The molecule has 6 rings (SSSR count). The number of aliphatic hydroxyl groups is 4. The highest BCUT2D eigenvalue weighted by atomic mass is 16.7. The normalized spacial score (nSPS) is 62.3. The van der Waals surface area contributed by atoms with Crippen LogP contribution in [-0.2, 0) is 9.47 Å². The Morgan fingerprint density at radius 2 is 1.79 bits per heavy atom. The van der Waals surface area contributed by atoms with Crippen molar-refractivity contribution >= 4 is 0 Å². The van der Waals surface area contributed by atoms with Gasteiger partial charge in [-0.25, -0.2) is 0 Å². The molecule has 6 heteroatoms. The molecule has 0 aromatic carbocycles. The van der Waals surface area contributed by atoms with E-state index >= 15 is 0 Å². The molecule has 0 bridgehead atoms. The maximum atomic E-state index is 12.5. The molecule has 3 saturated carbocycles. The van der Waals surface area contributed by atoms with Crippen LogP contribution in [0.15, 0.2) is 11.6 Å². The Balaban J connectivity index is 1.37. The fraction of sp³-hybridized carbons (Fsp3) is 0.926. The summed E-state index contributed by atoms with van der Waals surface area (Å²) < 4.78 is 12.9. The van der Waals surface area contributed by atoms with Crippen molar-refractivity contribution in [3.05, 3.63) is 11.6 Å². The SMILES string of the molecule is C[C@@H]1CC[C@@]2(OC1)O[C@H]1C[C@@]3(O)[C@@H]4CC=C5C[C@@H](O)C[C@@H](O)[C@]5(C)[C@H]4CC[C@]3(C)[C@@]1(O)[C@@H]2C. The van der Waals surface area contributed by atoms with Gasteiger partial charge in [-0.1, -0.05) is 39.3 Å². The highest BCUT2D eigenvalue weighted by Gasteiger charge is 2.81. The molecule has 4 N–H and O–H groups in total. The largest absolute Gasteiger partial charge is 0.393 e. The maximum Gasteiger partial charge on any atom is 0.174 e. The average Bonchev–Trinajstić information content (AvgIpc) is 3.07. The van der Waals surface area contributed by atoms with E-state index in [2.05, 4.69) is 33.8 Å². The molecule has 5 fully saturated rings. The Morgan fingerprint density at radius 3 is 2.48 bits per heavy atom. The molecule has 0 amide bonds. The molecule has 33 heavy (non-hydrogen) atoms. The molecule has 1 spiro atoms. The van der Waals surface area contributed by atoms with E-state index in [-0.39, 0.29) is 17.8 Å². The maximum absolute atomic E-state index is 12.5. The molecule has 0 unspecified atom stereocenters. The topological polar surface area (TPSA) is 99.4 Å². The summed E-state index contributed by atoms with van der Waals surface area (Å²) >= 11 is 0. The second-order valence-corrected chi connectivity index (χ2v) is 13.0. The zero-order valence-electron chi connectivity index (χ0n) is 20.6. The minimum atomic E-state index is -1.15. The molecule has 12 atom stereocenters. The van der Waals surface area contributed by atoms with Crippen molar-refractivity contribution in [2.45, 2.75) is 114 Å². The average molecular weight is 463 g/mol. The molecule has 6 nitrogen and oxygen atoms in total. The van der Waals surface area contributed by atoms with Crippen LogP contribution in [-0.4, -0.2) is 62.3 Å². The third-order valence-corrected chi connectivity index (χ3v) is 11.9. The van der Waals surface area contributed by atoms with Gasteiger partial charge in [0.2, 0.25) is 0 Å². The molecule has 4 aliphatic carbocycles. The summed E-state index contributed by atoms with van der Waals surface area (Å²) in [6, 6.07) is 0. The molecular weight excluding hydrogens is 420 g/mol. The van der Waals surface area contributed by atoms with Gasteiger partial charge in [0.15, 0.2) is 5.79 Å². The standard InChI is InChI=1S/C27H42O6/c1-15-7-10-26(32-14-15)16(2)27(31)22(33-26)13-25(30)20-6-5-17-11-18(28)12-21(29)24(17,4)19(20)8-9-23(25,27)3/h5,15-16,18-22,28-31H,6-14H2,1-4H3/t15-,16-,18-,19+,20-,21-,22+,23+,24+,25-,26-,27-/m1/s1. The summed E-state index contributed by atoms with van der Waals surface area (Å²) in [7, 11) is 0. The third-order valence-electron chi connectivity index (χ3n) is 11.9. The van der Waals surface area contributed by atoms with E-state index in [0.717, 1.165) is 31.3 Å². The van der Waals surface area contributed by atoms with Crippen molar-refractivity contribution in [3.8, 4) is 0 Å². The monoisotopic (exact) mass is 462 g/mol. The zero-order valence-corrected chi connectivity index (χ0v) is 20.6. The first-order chi connectivity index (χ1) is 15.4. The molecule has 2 saturated heterocycles. The summed E-state index contributed by atoms with van der Waals surface area (Å²) in [6.45, 7) is 9.11. The number of hydrogen-bond donors (Lipinski definition) is 4. The third kappa shape index (κ3) is 2.51. The first kappa shape index (κ1) is 22.9. The van der Waals surface area contributed by atoms with Gasteiger partial charge in [0.1, 0.15) is 5.60 Å². The van der Waals surface area contributed by atoms with E-state index < -0.39 is 46.1 Å². The number of aliphatic hydroxyl groups excluding tert-OH is 2. The van der Waals surface area contributed by atoms with Gasteiger partial charge in [0.25, 0.3) is 0 Å². The fourth-order valence-electron chi connectivity index (χ4n) is 9.62. The van der Waals surface area contributed by atoms with Crippen molar-refractivity contribution in [3.63, 3.8) is 0 Å². The lowest BCUT2D eigenvalue weighted by Gasteiger charge is -2.63. The Morgan fingerprint density at radius 1 is 1.03 bits per heavy atom. The summed E-state index contributed by atoms with van der Waals surface area (Å²) in [6.07, 6.45) is 6.07. The van der Waals surface area contributed by atoms with Gasteiger partial charge in [0.05, 0.1) is 30.5 Å². The van der Waals surface area contributed by atoms with Gasteiger partial charge < -0.3 is 29.9 Å². The van der Waals surface area contributed by atoms with E-state index in [4.69, 9.17) is 9.47 Å². The lowest BCUT2D eigenvalue weighted by Crippen LogP contribution is -2.67. The van der Waals surface area contributed by atoms with Crippen LogP contribution in [0, 0.1) is 34.5 Å². The molecule has 2 heterocycles. The van der Waals surface area contributed by atoms with Gasteiger partial charge in [-0.2, -0.15) is 0 Å². The Kier molecular flexibility index (Phi) is 4.75. The van der Waals surface area contributed by atoms with E-state index in [9.17, 15) is 20.4 Å². The molecule has 0 aromatic heterocycles. The molecule has 2 aliphatic heterocycles. The van der Waals surface area contributed by atoms with E-state index in [1.807, 2.05) is 0 Å². The lowest BCUT2D eigenvalue weighted by atomic mass is 9.44. The van der Waals surface area contributed by atoms with Gasteiger partial charge in [-0.15, -0.1) is 0 Å². The van der Waals surface area contributed by atoms with Crippen LogP contribution >= 0.6 is 0 Å². The second kappa shape index (κ2) is 6.83. The van der Waals surface area contributed by atoms with Crippen molar-refractivity contribution in [2.24, 2.45) is 34.5 Å². The van der Waals surface area contributed by atoms with Crippen LogP contribution in [0.5, 0.6) is 0 Å². The summed E-state index contributed by atoms with van der Waals surface area (Å²) in [4.78, 5) is 0. The quantitative estimate of drug-likeness (QED) is 0.413. The number of allylic oxidation sites excluding steroid dienone is 1. The van der Waals surface area contributed by atoms with Crippen molar-refractivity contribution < 1.29 is 29.9 Å². The molecular formula is C27H42O6. The molecule has 186 valence electrons.